The van der Waals surface area contributed by atoms with Crippen LogP contribution in [0.25, 0.3) is 11.1 Å². The van der Waals surface area contributed by atoms with Gasteiger partial charge in [-0.1, -0.05) is 17.7 Å². The Balaban J connectivity index is 2.14. The largest absolute Gasteiger partial charge is 0.481 e. The number of carboxylic acid groups (broad SMARTS) is 1. The number of halogens is 1. The molecule has 0 aromatic heterocycles. The molecule has 2 aromatic rings. The van der Waals surface area contributed by atoms with Crippen LogP contribution in [0.4, 0.5) is 0 Å². The minimum absolute atomic E-state index is 0.0914. The third-order valence-electron chi connectivity index (χ3n) is 4.13. The predicted octanol–water partition coefficient (Wildman–Crippen LogP) is 3.41. The smallest absolute Gasteiger partial charge is 0.341 e. The van der Waals surface area contributed by atoms with Crippen molar-refractivity contribution >= 4 is 33.5 Å². The van der Waals surface area contributed by atoms with Gasteiger partial charge in [-0.3, -0.25) is 4.79 Å². The van der Waals surface area contributed by atoms with Crippen LogP contribution < -0.4 is 4.74 Å². The molecule has 1 aliphatic heterocycles. The van der Waals surface area contributed by atoms with E-state index in [2.05, 4.69) is 0 Å². The van der Waals surface area contributed by atoms with Crippen LogP contribution >= 0.6 is 11.6 Å². The number of carboxylic acids is 1. The highest BCUT2D eigenvalue weighted by molar-refractivity contribution is 7.90. The topological polar surface area (TPSA) is 101 Å². The molecule has 0 saturated carbocycles. The quantitative estimate of drug-likeness (QED) is 0.808. The second-order valence-corrected chi connectivity index (χ2v) is 9.47. The SMILES string of the molecule is CC(C)(C)N1C(=O)c2ccc(-c3cc(Cl)ccc3OCC(=O)O)cc2S1(=O)=O. The summed E-state index contributed by atoms with van der Waals surface area (Å²) in [6.07, 6.45) is 0. The fraction of sp³-hybridized carbons (Fsp3) is 0.263. The van der Waals surface area contributed by atoms with Crippen LogP contribution in [0.15, 0.2) is 41.3 Å². The van der Waals surface area contributed by atoms with Crippen molar-refractivity contribution in [1.82, 2.24) is 4.31 Å². The summed E-state index contributed by atoms with van der Waals surface area (Å²) in [5.74, 6) is -1.49. The van der Waals surface area contributed by atoms with Crippen LogP contribution in [0.5, 0.6) is 5.75 Å². The Morgan fingerprint density at radius 3 is 2.43 bits per heavy atom. The average Bonchev–Trinajstić information content (AvgIpc) is 2.79. The Labute approximate surface area is 167 Å². The molecule has 0 saturated heterocycles. The minimum atomic E-state index is -4.02. The Morgan fingerprint density at radius 1 is 1.14 bits per heavy atom. The lowest BCUT2D eigenvalue weighted by Gasteiger charge is -2.29. The summed E-state index contributed by atoms with van der Waals surface area (Å²) in [5.41, 5.74) is 0.0388. The van der Waals surface area contributed by atoms with Crippen LogP contribution in [-0.2, 0) is 14.8 Å². The van der Waals surface area contributed by atoms with Gasteiger partial charge in [-0.25, -0.2) is 17.5 Å². The second kappa shape index (κ2) is 6.79. The number of amides is 1. The van der Waals surface area contributed by atoms with Gasteiger partial charge < -0.3 is 9.84 Å². The molecule has 0 aliphatic carbocycles. The van der Waals surface area contributed by atoms with Crippen molar-refractivity contribution in [3.8, 4) is 16.9 Å². The van der Waals surface area contributed by atoms with Crippen molar-refractivity contribution < 1.29 is 27.9 Å². The number of nitrogens with zero attached hydrogens (tertiary/aromatic N) is 1. The second-order valence-electron chi connectivity index (χ2n) is 7.28. The number of ether oxygens (including phenoxy) is 1. The number of benzene rings is 2. The molecule has 1 amide bonds. The van der Waals surface area contributed by atoms with E-state index in [4.69, 9.17) is 21.4 Å². The van der Waals surface area contributed by atoms with Crippen LogP contribution in [0.2, 0.25) is 5.02 Å². The third-order valence-corrected chi connectivity index (χ3v) is 6.45. The first-order chi connectivity index (χ1) is 12.9. The highest BCUT2D eigenvalue weighted by atomic mass is 35.5. The average molecular weight is 424 g/mol. The van der Waals surface area contributed by atoms with Crippen molar-refractivity contribution in [3.05, 3.63) is 47.0 Å². The van der Waals surface area contributed by atoms with E-state index in [0.717, 1.165) is 4.31 Å². The van der Waals surface area contributed by atoms with E-state index in [1.807, 2.05) is 0 Å². The number of fused-ring (bicyclic) bond motifs is 1. The molecule has 3 rings (SSSR count). The van der Waals surface area contributed by atoms with Gasteiger partial charge in [0.05, 0.1) is 11.1 Å². The van der Waals surface area contributed by atoms with E-state index in [1.54, 1.807) is 32.9 Å². The lowest BCUT2D eigenvalue weighted by atomic mass is 10.0. The zero-order valence-electron chi connectivity index (χ0n) is 15.4. The first-order valence-electron chi connectivity index (χ1n) is 8.31. The molecule has 28 heavy (non-hydrogen) atoms. The molecule has 0 atom stereocenters. The van der Waals surface area contributed by atoms with Crippen molar-refractivity contribution in [1.29, 1.82) is 0 Å². The molecule has 148 valence electrons. The van der Waals surface area contributed by atoms with E-state index < -0.39 is 34.0 Å². The molecule has 0 bridgehead atoms. The van der Waals surface area contributed by atoms with Gasteiger partial charge >= 0.3 is 5.97 Å². The standard InChI is InChI=1S/C19H18ClNO6S/c1-19(2,3)21-18(24)13-6-4-11(8-16(13)28(21,25)26)14-9-12(20)5-7-15(14)27-10-17(22)23/h4-9H,10H2,1-3H3,(H,22,23). The van der Waals surface area contributed by atoms with E-state index in [-0.39, 0.29) is 16.2 Å². The zero-order valence-corrected chi connectivity index (χ0v) is 17.0. The number of sulfonamides is 1. The number of aliphatic carboxylic acids is 1. The summed E-state index contributed by atoms with van der Waals surface area (Å²) >= 11 is 6.06. The fourth-order valence-electron chi connectivity index (χ4n) is 3.06. The van der Waals surface area contributed by atoms with Crippen molar-refractivity contribution in [3.63, 3.8) is 0 Å². The van der Waals surface area contributed by atoms with Gasteiger partial charge in [0, 0.05) is 10.6 Å². The fourth-order valence-corrected chi connectivity index (χ4v) is 5.17. The molecule has 1 N–H and O–H groups in total. The summed E-state index contributed by atoms with van der Waals surface area (Å²) in [6, 6.07) is 9.00. The summed E-state index contributed by atoms with van der Waals surface area (Å²) in [6.45, 7) is 4.37. The molecular formula is C19H18ClNO6S. The highest BCUT2D eigenvalue weighted by Crippen LogP contribution is 2.40. The van der Waals surface area contributed by atoms with Gasteiger partial charge in [0.25, 0.3) is 15.9 Å². The molecule has 9 heteroatoms. The molecule has 0 unspecified atom stereocenters. The van der Waals surface area contributed by atoms with E-state index in [0.29, 0.717) is 16.1 Å². The minimum Gasteiger partial charge on any atom is -0.481 e. The number of rotatable bonds is 4. The molecule has 2 aromatic carbocycles. The van der Waals surface area contributed by atoms with Crippen LogP contribution in [0.1, 0.15) is 31.1 Å². The number of hydrogen-bond donors (Lipinski definition) is 1. The lowest BCUT2D eigenvalue weighted by molar-refractivity contribution is -0.139. The predicted molar refractivity (Wildman–Crippen MR) is 103 cm³/mol. The summed E-state index contributed by atoms with van der Waals surface area (Å²) < 4.78 is 32.1. The molecular weight excluding hydrogens is 406 g/mol. The summed E-state index contributed by atoms with van der Waals surface area (Å²) in [4.78, 5) is 23.4. The molecule has 0 radical (unpaired) electrons. The van der Waals surface area contributed by atoms with Crippen LogP contribution in [-0.4, -0.2) is 41.9 Å². The van der Waals surface area contributed by atoms with Crippen molar-refractivity contribution in [2.45, 2.75) is 31.2 Å². The van der Waals surface area contributed by atoms with Crippen molar-refractivity contribution in [2.75, 3.05) is 6.61 Å². The monoisotopic (exact) mass is 423 g/mol. The lowest BCUT2D eigenvalue weighted by Crippen LogP contribution is -2.45. The van der Waals surface area contributed by atoms with E-state index in [9.17, 15) is 18.0 Å². The first-order valence-corrected chi connectivity index (χ1v) is 10.1. The van der Waals surface area contributed by atoms with Crippen LogP contribution in [0.3, 0.4) is 0 Å². The zero-order chi connectivity index (χ0) is 20.9. The normalized spacial score (nSPS) is 15.4. The molecule has 0 spiro atoms. The van der Waals surface area contributed by atoms with Gasteiger partial charge in [0.15, 0.2) is 6.61 Å². The van der Waals surface area contributed by atoms with E-state index >= 15 is 0 Å². The summed E-state index contributed by atoms with van der Waals surface area (Å²) in [5, 5.41) is 9.22. The maximum absolute atomic E-state index is 13.0. The maximum Gasteiger partial charge on any atom is 0.341 e. The molecule has 1 heterocycles. The van der Waals surface area contributed by atoms with Gasteiger partial charge in [-0.15, -0.1) is 0 Å². The van der Waals surface area contributed by atoms with Gasteiger partial charge in [0.1, 0.15) is 10.6 Å². The Bertz CT molecular complexity index is 1090. The van der Waals surface area contributed by atoms with Crippen molar-refractivity contribution in [2.24, 2.45) is 0 Å². The Morgan fingerprint density at radius 2 is 1.82 bits per heavy atom. The number of carbonyl (C=O) groups excluding carboxylic acids is 1. The summed E-state index contributed by atoms with van der Waals surface area (Å²) in [7, 11) is -4.02. The molecule has 7 nitrogen and oxygen atoms in total. The van der Waals surface area contributed by atoms with Gasteiger partial charge in [0.2, 0.25) is 0 Å². The van der Waals surface area contributed by atoms with Crippen LogP contribution in [0, 0.1) is 0 Å². The number of hydrogen-bond acceptors (Lipinski definition) is 5. The molecule has 0 fully saturated rings. The Hall–Kier alpha value is -2.58. The first kappa shape index (κ1) is 20.2. The highest BCUT2D eigenvalue weighted by Gasteiger charge is 2.46. The van der Waals surface area contributed by atoms with Gasteiger partial charge in [-0.2, -0.15) is 0 Å². The third kappa shape index (κ3) is 3.45. The Kier molecular flexibility index (Phi) is 4.89. The van der Waals surface area contributed by atoms with E-state index in [1.165, 1.54) is 24.3 Å². The van der Waals surface area contributed by atoms with Gasteiger partial charge in [-0.05, 0) is 56.7 Å². The number of carbonyl (C=O) groups is 2. The maximum atomic E-state index is 13.0. The molecule has 1 aliphatic rings.